The van der Waals surface area contributed by atoms with Gasteiger partial charge in [-0.15, -0.1) is 11.3 Å². The van der Waals surface area contributed by atoms with Crippen molar-refractivity contribution in [1.29, 1.82) is 0 Å². The zero-order valence-corrected chi connectivity index (χ0v) is 14.1. The molecule has 2 N–H and O–H groups in total. The number of hydrogen-bond donors (Lipinski definition) is 1. The maximum atomic E-state index is 12.5. The number of hydrogen-bond acceptors (Lipinski definition) is 4. The first-order valence-corrected chi connectivity index (χ1v) is 9.06. The Morgan fingerprint density at radius 2 is 2.10 bits per heavy atom. The molecular weight excluding hydrogens is 360 g/mol. The molecule has 0 aliphatic heterocycles. The van der Waals surface area contributed by atoms with E-state index >= 15 is 0 Å². The van der Waals surface area contributed by atoms with Gasteiger partial charge in [0.25, 0.3) is 0 Å². The lowest BCUT2D eigenvalue weighted by atomic mass is 10.3. The van der Waals surface area contributed by atoms with Gasteiger partial charge in [0.2, 0.25) is 10.0 Å². The van der Waals surface area contributed by atoms with E-state index in [1.165, 1.54) is 10.4 Å². The molecule has 2 aromatic rings. The van der Waals surface area contributed by atoms with Crippen molar-refractivity contribution in [2.75, 3.05) is 19.3 Å². The number of halogens is 1. The molecule has 1 heterocycles. The molecule has 0 spiro atoms. The Balaban J connectivity index is 2.18. The number of sulfonamides is 1. The lowest BCUT2D eigenvalue weighted by Gasteiger charge is -2.18. The normalized spacial score (nSPS) is 11.9. The van der Waals surface area contributed by atoms with Crippen LogP contribution in [0, 0.1) is 0 Å². The molecule has 0 unspecified atom stereocenters. The van der Waals surface area contributed by atoms with E-state index in [-0.39, 0.29) is 10.6 Å². The standard InChI is InChI=1S/C13H15BrN2O2S2/c1-16(7-6-11-3-2-8-19-11)20(17,18)13-9-10(14)4-5-12(13)15/h2-5,8-9H,6-7,15H2,1H3. The molecule has 0 aliphatic rings. The Morgan fingerprint density at radius 3 is 2.75 bits per heavy atom. The van der Waals surface area contributed by atoms with Gasteiger partial charge in [-0.25, -0.2) is 12.7 Å². The van der Waals surface area contributed by atoms with Crippen LogP contribution in [-0.2, 0) is 16.4 Å². The van der Waals surface area contributed by atoms with Crippen molar-refractivity contribution < 1.29 is 8.42 Å². The number of nitrogens with zero attached hydrogens (tertiary/aromatic N) is 1. The third-order valence-corrected chi connectivity index (χ3v) is 6.26. The van der Waals surface area contributed by atoms with Crippen molar-refractivity contribution in [2.45, 2.75) is 11.3 Å². The average molecular weight is 375 g/mol. The Hall–Kier alpha value is -0.890. The van der Waals surface area contributed by atoms with Crippen LogP contribution in [0.2, 0.25) is 0 Å². The van der Waals surface area contributed by atoms with Crippen LogP contribution < -0.4 is 5.73 Å². The van der Waals surface area contributed by atoms with Gasteiger partial charge in [0, 0.05) is 22.9 Å². The summed E-state index contributed by atoms with van der Waals surface area (Å²) in [6.45, 7) is 0.425. The van der Waals surface area contributed by atoms with Crippen LogP contribution in [0.4, 0.5) is 5.69 Å². The minimum absolute atomic E-state index is 0.139. The molecule has 0 amide bonds. The SMILES string of the molecule is CN(CCc1cccs1)S(=O)(=O)c1cc(Br)ccc1N. The van der Waals surface area contributed by atoms with Crippen molar-refractivity contribution in [1.82, 2.24) is 4.31 Å². The summed E-state index contributed by atoms with van der Waals surface area (Å²) in [6, 6.07) is 8.80. The summed E-state index contributed by atoms with van der Waals surface area (Å²) >= 11 is 4.89. The number of nitrogen functional groups attached to an aromatic ring is 1. The van der Waals surface area contributed by atoms with Gasteiger partial charge in [0.05, 0.1) is 5.69 Å². The van der Waals surface area contributed by atoms with Gasteiger partial charge in [-0.1, -0.05) is 22.0 Å². The summed E-state index contributed by atoms with van der Waals surface area (Å²) in [4.78, 5) is 1.30. The zero-order valence-electron chi connectivity index (χ0n) is 10.9. The van der Waals surface area contributed by atoms with E-state index in [1.807, 2.05) is 17.5 Å². The van der Waals surface area contributed by atoms with Crippen LogP contribution in [0.15, 0.2) is 45.1 Å². The molecule has 0 saturated carbocycles. The topological polar surface area (TPSA) is 63.4 Å². The zero-order chi connectivity index (χ0) is 14.8. The second kappa shape index (κ2) is 6.26. The van der Waals surface area contributed by atoms with Gasteiger partial charge in [0.1, 0.15) is 4.90 Å². The lowest BCUT2D eigenvalue weighted by molar-refractivity contribution is 0.474. The van der Waals surface area contributed by atoms with Crippen LogP contribution >= 0.6 is 27.3 Å². The maximum absolute atomic E-state index is 12.5. The van der Waals surface area contributed by atoms with Crippen molar-refractivity contribution in [3.8, 4) is 0 Å². The van der Waals surface area contributed by atoms with Crippen LogP contribution in [0.5, 0.6) is 0 Å². The first-order chi connectivity index (χ1) is 9.41. The van der Waals surface area contributed by atoms with Gasteiger partial charge in [-0.05, 0) is 36.1 Å². The highest BCUT2D eigenvalue weighted by atomic mass is 79.9. The lowest BCUT2D eigenvalue weighted by Crippen LogP contribution is -2.29. The Morgan fingerprint density at radius 1 is 1.35 bits per heavy atom. The van der Waals surface area contributed by atoms with Gasteiger partial charge < -0.3 is 5.73 Å². The second-order valence-electron chi connectivity index (χ2n) is 4.34. The predicted molar refractivity (Wildman–Crippen MR) is 86.4 cm³/mol. The van der Waals surface area contributed by atoms with E-state index < -0.39 is 10.0 Å². The predicted octanol–water partition coefficient (Wildman–Crippen LogP) is 2.96. The van der Waals surface area contributed by atoms with Crippen LogP contribution in [0.3, 0.4) is 0 Å². The molecule has 0 aliphatic carbocycles. The number of thiophene rings is 1. The monoisotopic (exact) mass is 374 g/mol. The molecule has 7 heteroatoms. The molecule has 1 aromatic carbocycles. The van der Waals surface area contributed by atoms with Gasteiger partial charge in [-0.3, -0.25) is 0 Å². The number of rotatable bonds is 5. The Labute approximate surface area is 131 Å². The first kappa shape index (κ1) is 15.5. The van der Waals surface area contributed by atoms with Crippen molar-refractivity contribution in [3.63, 3.8) is 0 Å². The van der Waals surface area contributed by atoms with Gasteiger partial charge in [0.15, 0.2) is 0 Å². The van der Waals surface area contributed by atoms with E-state index in [4.69, 9.17) is 5.73 Å². The quantitative estimate of drug-likeness (QED) is 0.818. The summed E-state index contributed by atoms with van der Waals surface area (Å²) in [5.41, 5.74) is 6.04. The molecule has 0 bridgehead atoms. The summed E-state index contributed by atoms with van der Waals surface area (Å²) in [5.74, 6) is 0. The summed E-state index contributed by atoms with van der Waals surface area (Å²) < 4.78 is 27.0. The van der Waals surface area contributed by atoms with E-state index in [9.17, 15) is 8.42 Å². The van der Waals surface area contributed by atoms with Crippen LogP contribution in [0.1, 0.15) is 4.88 Å². The van der Waals surface area contributed by atoms with Crippen molar-refractivity contribution in [3.05, 3.63) is 45.1 Å². The third kappa shape index (κ3) is 3.41. The van der Waals surface area contributed by atoms with E-state index in [0.717, 1.165) is 4.88 Å². The number of benzene rings is 1. The highest BCUT2D eigenvalue weighted by molar-refractivity contribution is 9.10. The fourth-order valence-electron chi connectivity index (χ4n) is 1.74. The summed E-state index contributed by atoms with van der Waals surface area (Å²) in [5, 5.41) is 1.98. The summed E-state index contributed by atoms with van der Waals surface area (Å²) in [6.07, 6.45) is 0.696. The summed E-state index contributed by atoms with van der Waals surface area (Å²) in [7, 11) is -1.99. The van der Waals surface area contributed by atoms with E-state index in [1.54, 1.807) is 30.5 Å². The highest BCUT2D eigenvalue weighted by Crippen LogP contribution is 2.25. The Bertz CT molecular complexity index is 684. The second-order valence-corrected chi connectivity index (χ2v) is 8.30. The molecule has 20 heavy (non-hydrogen) atoms. The fourth-order valence-corrected chi connectivity index (χ4v) is 4.26. The molecule has 0 saturated heterocycles. The molecule has 0 radical (unpaired) electrons. The minimum atomic E-state index is -3.56. The van der Waals surface area contributed by atoms with E-state index in [2.05, 4.69) is 15.9 Å². The third-order valence-electron chi connectivity index (χ3n) is 2.92. The number of nitrogens with two attached hydrogens (primary N) is 1. The van der Waals surface area contributed by atoms with E-state index in [0.29, 0.717) is 17.4 Å². The van der Waals surface area contributed by atoms with Crippen molar-refractivity contribution in [2.24, 2.45) is 0 Å². The average Bonchev–Trinajstić information content (AvgIpc) is 2.91. The fraction of sp³-hybridized carbons (Fsp3) is 0.231. The molecule has 108 valence electrons. The van der Waals surface area contributed by atoms with Crippen LogP contribution in [0.25, 0.3) is 0 Å². The minimum Gasteiger partial charge on any atom is -0.398 e. The highest BCUT2D eigenvalue weighted by Gasteiger charge is 2.23. The van der Waals surface area contributed by atoms with Crippen molar-refractivity contribution >= 4 is 43.0 Å². The number of anilines is 1. The molecule has 1 aromatic heterocycles. The molecule has 4 nitrogen and oxygen atoms in total. The molecule has 0 atom stereocenters. The smallest absolute Gasteiger partial charge is 0.244 e. The van der Waals surface area contributed by atoms with Gasteiger partial charge >= 0.3 is 0 Å². The molecule has 0 fully saturated rings. The largest absolute Gasteiger partial charge is 0.398 e. The van der Waals surface area contributed by atoms with Gasteiger partial charge in [-0.2, -0.15) is 0 Å². The molecule has 2 rings (SSSR count). The molecular formula is C13H15BrN2O2S2. The first-order valence-electron chi connectivity index (χ1n) is 5.95. The Kier molecular flexibility index (Phi) is 4.85. The van der Waals surface area contributed by atoms with Crippen LogP contribution in [-0.4, -0.2) is 26.3 Å². The maximum Gasteiger partial charge on any atom is 0.244 e. The number of likely N-dealkylation sites (N-methyl/N-ethyl adjacent to an activating group) is 1.